The maximum Gasteiger partial charge on any atom is 0.251 e. The summed E-state index contributed by atoms with van der Waals surface area (Å²) < 4.78 is 26.5. The van der Waals surface area contributed by atoms with E-state index in [1.807, 2.05) is 20.8 Å². The Balaban J connectivity index is 1.94. The Bertz CT molecular complexity index is 1060. The second kappa shape index (κ2) is 11.8. The van der Waals surface area contributed by atoms with Crippen LogP contribution in [0.5, 0.6) is 0 Å². The molecule has 9 heteroatoms. The van der Waals surface area contributed by atoms with Gasteiger partial charge in [0.15, 0.2) is 0 Å². The highest BCUT2D eigenvalue weighted by atomic mass is 32.2. The van der Waals surface area contributed by atoms with Crippen LogP contribution in [0.15, 0.2) is 47.4 Å². The molecular formula is C24H34N4O4S. The molecule has 0 aliphatic rings. The first kappa shape index (κ1) is 26.3. The van der Waals surface area contributed by atoms with Gasteiger partial charge in [-0.05, 0) is 60.9 Å². The van der Waals surface area contributed by atoms with E-state index < -0.39 is 10.0 Å². The number of carbonyl (C=O) groups is 2. The molecule has 0 radical (unpaired) electrons. The molecule has 2 amide bonds. The fraction of sp³-hybridized carbons (Fsp3) is 0.417. The van der Waals surface area contributed by atoms with Gasteiger partial charge >= 0.3 is 0 Å². The van der Waals surface area contributed by atoms with Crippen molar-refractivity contribution >= 4 is 33.2 Å². The highest BCUT2D eigenvalue weighted by Gasteiger charge is 2.21. The van der Waals surface area contributed by atoms with Crippen molar-refractivity contribution in [3.8, 4) is 0 Å². The van der Waals surface area contributed by atoms with E-state index in [2.05, 4.69) is 16.0 Å². The quantitative estimate of drug-likeness (QED) is 0.462. The number of hydrogen-bond acceptors (Lipinski definition) is 5. The van der Waals surface area contributed by atoms with E-state index >= 15 is 0 Å². The predicted octanol–water partition coefficient (Wildman–Crippen LogP) is 3.46. The van der Waals surface area contributed by atoms with E-state index in [9.17, 15) is 18.0 Å². The second-order valence-corrected chi connectivity index (χ2v) is 10.1. The molecule has 0 bridgehead atoms. The summed E-state index contributed by atoms with van der Waals surface area (Å²) in [7, 11) is -3.54. The Morgan fingerprint density at radius 2 is 1.64 bits per heavy atom. The van der Waals surface area contributed by atoms with Crippen molar-refractivity contribution in [2.75, 3.05) is 36.8 Å². The van der Waals surface area contributed by atoms with Gasteiger partial charge < -0.3 is 16.0 Å². The number of carbonyl (C=O) groups excluding carboxylic acids is 2. The van der Waals surface area contributed by atoms with Gasteiger partial charge in [0.1, 0.15) is 0 Å². The molecule has 2 aromatic rings. The van der Waals surface area contributed by atoms with Crippen LogP contribution in [0.2, 0.25) is 0 Å². The molecule has 0 aliphatic carbocycles. The molecule has 33 heavy (non-hydrogen) atoms. The third kappa shape index (κ3) is 7.30. The van der Waals surface area contributed by atoms with E-state index in [0.717, 1.165) is 11.3 Å². The zero-order chi connectivity index (χ0) is 24.6. The number of anilines is 2. The SMILES string of the molecule is CCN(CC)S(=O)(=O)c1ccc(NC(=O)CNc2ccc(C(=O)NCC(C)C)cc2C)cc1. The van der Waals surface area contributed by atoms with E-state index in [-0.39, 0.29) is 23.3 Å². The maximum absolute atomic E-state index is 12.6. The zero-order valence-electron chi connectivity index (χ0n) is 19.9. The van der Waals surface area contributed by atoms with Gasteiger partial charge in [-0.25, -0.2) is 8.42 Å². The van der Waals surface area contributed by atoms with Crippen LogP contribution in [-0.4, -0.2) is 50.7 Å². The van der Waals surface area contributed by atoms with Gasteiger partial charge in [0.25, 0.3) is 5.91 Å². The third-order valence-corrected chi connectivity index (χ3v) is 7.14. The van der Waals surface area contributed by atoms with Gasteiger partial charge in [0.05, 0.1) is 11.4 Å². The lowest BCUT2D eigenvalue weighted by atomic mass is 10.1. The molecule has 8 nitrogen and oxygen atoms in total. The highest BCUT2D eigenvalue weighted by molar-refractivity contribution is 7.89. The number of sulfonamides is 1. The average molecular weight is 475 g/mol. The number of nitrogens with one attached hydrogen (secondary N) is 3. The Morgan fingerprint density at radius 3 is 2.18 bits per heavy atom. The third-order valence-electron chi connectivity index (χ3n) is 5.08. The zero-order valence-corrected chi connectivity index (χ0v) is 20.8. The van der Waals surface area contributed by atoms with Crippen molar-refractivity contribution in [3.63, 3.8) is 0 Å². The molecule has 0 spiro atoms. The molecule has 0 aliphatic heterocycles. The van der Waals surface area contributed by atoms with Crippen molar-refractivity contribution in [1.82, 2.24) is 9.62 Å². The number of benzene rings is 2. The minimum absolute atomic E-state index is 0.0270. The summed E-state index contributed by atoms with van der Waals surface area (Å²) in [5.41, 5.74) is 2.69. The number of rotatable bonds is 11. The predicted molar refractivity (Wildman–Crippen MR) is 132 cm³/mol. The molecule has 2 rings (SSSR count). The Labute approximate surface area is 196 Å². The smallest absolute Gasteiger partial charge is 0.251 e. The maximum atomic E-state index is 12.6. The first-order valence-corrected chi connectivity index (χ1v) is 12.5. The van der Waals surface area contributed by atoms with Crippen LogP contribution in [0.1, 0.15) is 43.6 Å². The van der Waals surface area contributed by atoms with Gasteiger partial charge in [-0.15, -0.1) is 0 Å². The van der Waals surface area contributed by atoms with E-state index in [4.69, 9.17) is 0 Å². The summed E-state index contributed by atoms with van der Waals surface area (Å²) in [4.78, 5) is 24.7. The standard InChI is InChI=1S/C24H34N4O4S/c1-6-28(7-2)33(31,32)21-11-9-20(10-12-21)27-23(29)16-25-22-13-8-19(14-18(22)5)24(30)26-15-17(3)4/h8-14,17,25H,6-7,15-16H2,1-5H3,(H,26,30)(H,27,29). The number of aryl methyl sites for hydroxylation is 1. The fourth-order valence-electron chi connectivity index (χ4n) is 3.21. The molecule has 3 N–H and O–H groups in total. The van der Waals surface area contributed by atoms with Crippen LogP contribution in [-0.2, 0) is 14.8 Å². The number of hydrogen-bond donors (Lipinski definition) is 3. The second-order valence-electron chi connectivity index (χ2n) is 8.15. The van der Waals surface area contributed by atoms with Crippen LogP contribution in [0.25, 0.3) is 0 Å². The van der Waals surface area contributed by atoms with Crippen LogP contribution in [0.3, 0.4) is 0 Å². The summed E-state index contributed by atoms with van der Waals surface area (Å²) in [6.45, 7) is 10.9. The van der Waals surface area contributed by atoms with Crippen LogP contribution < -0.4 is 16.0 Å². The van der Waals surface area contributed by atoms with Gasteiger partial charge in [0, 0.05) is 36.6 Å². The summed E-state index contributed by atoms with van der Waals surface area (Å²) in [5, 5.41) is 8.70. The summed E-state index contributed by atoms with van der Waals surface area (Å²) in [5.74, 6) is -0.0208. The normalized spacial score (nSPS) is 11.5. The first-order chi connectivity index (χ1) is 15.6. The topological polar surface area (TPSA) is 108 Å². The molecule has 0 atom stereocenters. The van der Waals surface area contributed by atoms with Crippen LogP contribution in [0.4, 0.5) is 11.4 Å². The average Bonchev–Trinajstić information content (AvgIpc) is 2.77. The van der Waals surface area contributed by atoms with Gasteiger partial charge in [-0.1, -0.05) is 27.7 Å². The Morgan fingerprint density at radius 1 is 1.00 bits per heavy atom. The van der Waals surface area contributed by atoms with Crippen LogP contribution >= 0.6 is 0 Å². The monoisotopic (exact) mass is 474 g/mol. The lowest BCUT2D eigenvalue weighted by molar-refractivity contribution is -0.114. The molecule has 0 saturated heterocycles. The lowest BCUT2D eigenvalue weighted by Gasteiger charge is -2.18. The van der Waals surface area contributed by atoms with E-state index in [0.29, 0.717) is 36.8 Å². The molecule has 0 unspecified atom stereocenters. The van der Waals surface area contributed by atoms with Crippen molar-refractivity contribution in [3.05, 3.63) is 53.6 Å². The van der Waals surface area contributed by atoms with Crippen molar-refractivity contribution < 1.29 is 18.0 Å². The Kier molecular flexibility index (Phi) is 9.43. The summed E-state index contributed by atoms with van der Waals surface area (Å²) in [6.07, 6.45) is 0. The Hall–Kier alpha value is -2.91. The number of nitrogens with zero attached hydrogens (tertiary/aromatic N) is 1. The molecule has 0 heterocycles. The summed E-state index contributed by atoms with van der Waals surface area (Å²) >= 11 is 0. The van der Waals surface area contributed by atoms with Crippen LogP contribution in [0, 0.1) is 12.8 Å². The molecular weight excluding hydrogens is 440 g/mol. The van der Waals surface area contributed by atoms with Gasteiger partial charge in [0.2, 0.25) is 15.9 Å². The van der Waals surface area contributed by atoms with Crippen molar-refractivity contribution in [1.29, 1.82) is 0 Å². The molecule has 0 saturated carbocycles. The molecule has 0 aromatic heterocycles. The lowest BCUT2D eigenvalue weighted by Crippen LogP contribution is -2.30. The minimum atomic E-state index is -3.54. The summed E-state index contributed by atoms with van der Waals surface area (Å²) in [6, 6.07) is 11.4. The van der Waals surface area contributed by atoms with E-state index in [1.165, 1.54) is 16.4 Å². The van der Waals surface area contributed by atoms with Crippen molar-refractivity contribution in [2.24, 2.45) is 5.92 Å². The fourth-order valence-corrected chi connectivity index (χ4v) is 4.66. The highest BCUT2D eigenvalue weighted by Crippen LogP contribution is 2.19. The minimum Gasteiger partial charge on any atom is -0.376 e. The van der Waals surface area contributed by atoms with Crippen molar-refractivity contribution in [2.45, 2.75) is 39.5 Å². The number of amides is 2. The van der Waals surface area contributed by atoms with Gasteiger partial charge in [-0.2, -0.15) is 4.31 Å². The first-order valence-electron chi connectivity index (χ1n) is 11.1. The molecule has 0 fully saturated rings. The van der Waals surface area contributed by atoms with Gasteiger partial charge in [-0.3, -0.25) is 9.59 Å². The molecule has 2 aromatic carbocycles. The van der Waals surface area contributed by atoms with E-state index in [1.54, 1.807) is 44.2 Å². The molecule has 180 valence electrons. The largest absolute Gasteiger partial charge is 0.376 e.